The van der Waals surface area contributed by atoms with Crippen LogP contribution in [0.3, 0.4) is 0 Å². The highest BCUT2D eigenvalue weighted by Gasteiger charge is 2.19. The number of thiocarbonyl (C=S) groups is 1. The van der Waals surface area contributed by atoms with E-state index in [0.29, 0.717) is 28.8 Å². The van der Waals surface area contributed by atoms with E-state index in [9.17, 15) is 4.79 Å². The number of ether oxygens (including phenoxy) is 1. The number of benzene rings is 1. The highest BCUT2D eigenvalue weighted by molar-refractivity contribution is 7.80. The highest BCUT2D eigenvalue weighted by atomic mass is 32.1. The van der Waals surface area contributed by atoms with E-state index in [1.807, 2.05) is 53.9 Å². The largest absolute Gasteiger partial charge is 0.462 e. The van der Waals surface area contributed by atoms with Crippen molar-refractivity contribution in [3.05, 3.63) is 64.4 Å². The minimum Gasteiger partial charge on any atom is -0.462 e. The molecule has 0 saturated heterocycles. The van der Waals surface area contributed by atoms with Crippen LogP contribution in [0.25, 0.3) is 10.4 Å². The maximum absolute atomic E-state index is 12.3. The van der Waals surface area contributed by atoms with Crippen molar-refractivity contribution in [2.75, 3.05) is 11.9 Å². The van der Waals surface area contributed by atoms with E-state index in [0.717, 1.165) is 10.4 Å². The molecule has 0 bridgehead atoms. The van der Waals surface area contributed by atoms with Crippen molar-refractivity contribution in [3.8, 4) is 10.4 Å². The lowest BCUT2D eigenvalue weighted by Gasteiger charge is -2.09. The molecule has 7 heteroatoms. The minimum atomic E-state index is -0.352. The van der Waals surface area contributed by atoms with Crippen molar-refractivity contribution in [1.29, 1.82) is 0 Å². The van der Waals surface area contributed by atoms with Crippen LogP contribution in [0, 0.1) is 0 Å². The minimum absolute atomic E-state index is 0.329. The van der Waals surface area contributed by atoms with Crippen LogP contribution in [0.2, 0.25) is 0 Å². The zero-order valence-corrected chi connectivity index (χ0v) is 16.6. The van der Waals surface area contributed by atoms with Gasteiger partial charge in [-0.15, -0.1) is 22.7 Å². The van der Waals surface area contributed by atoms with E-state index < -0.39 is 0 Å². The number of carbonyl (C=O) groups excluding carboxylic acids is 1. The van der Waals surface area contributed by atoms with Crippen LogP contribution in [-0.2, 0) is 11.3 Å². The Hall–Kier alpha value is -2.22. The van der Waals surface area contributed by atoms with Crippen LogP contribution in [-0.4, -0.2) is 17.7 Å². The Morgan fingerprint density at radius 2 is 2.00 bits per heavy atom. The second kappa shape index (κ2) is 8.93. The molecule has 0 atom stereocenters. The summed E-state index contributed by atoms with van der Waals surface area (Å²) in [7, 11) is 0. The molecule has 3 aromatic rings. The highest BCUT2D eigenvalue weighted by Crippen LogP contribution is 2.35. The molecule has 4 nitrogen and oxygen atoms in total. The van der Waals surface area contributed by atoms with Gasteiger partial charge in [0.1, 0.15) is 5.00 Å². The van der Waals surface area contributed by atoms with Crippen molar-refractivity contribution in [3.63, 3.8) is 0 Å². The summed E-state index contributed by atoms with van der Waals surface area (Å²) in [4.78, 5) is 14.5. The molecule has 2 N–H and O–H groups in total. The summed E-state index contributed by atoms with van der Waals surface area (Å²) < 4.78 is 5.18. The van der Waals surface area contributed by atoms with Crippen LogP contribution < -0.4 is 10.6 Å². The second-order valence-electron chi connectivity index (χ2n) is 5.33. The Kier molecular flexibility index (Phi) is 6.38. The van der Waals surface area contributed by atoms with Crippen molar-refractivity contribution >= 4 is 51.0 Å². The van der Waals surface area contributed by atoms with Gasteiger partial charge in [0.15, 0.2) is 5.11 Å². The van der Waals surface area contributed by atoms with Gasteiger partial charge >= 0.3 is 5.97 Å². The normalized spacial score (nSPS) is 10.3. The Balaban J connectivity index is 1.78. The number of rotatable bonds is 6. The quantitative estimate of drug-likeness (QED) is 0.442. The second-order valence-corrected chi connectivity index (χ2v) is 7.82. The standard InChI is InChI=1S/C19H18N2O2S3/c1-2-23-18(22)15-11-16(13-7-4-3-5-8-13)26-17(15)21-19(24)20-12-14-9-6-10-25-14/h3-11H,2,12H2,1H3,(H2,20,21,24). The van der Waals surface area contributed by atoms with Crippen molar-refractivity contribution in [2.45, 2.75) is 13.5 Å². The summed E-state index contributed by atoms with van der Waals surface area (Å²) in [6.45, 7) is 2.77. The average Bonchev–Trinajstić information content (AvgIpc) is 3.31. The maximum atomic E-state index is 12.3. The molecule has 3 rings (SSSR count). The molecular formula is C19H18N2O2S3. The van der Waals surface area contributed by atoms with Gasteiger partial charge in [-0.3, -0.25) is 0 Å². The van der Waals surface area contributed by atoms with Gasteiger partial charge in [-0.05, 0) is 42.2 Å². The summed E-state index contributed by atoms with van der Waals surface area (Å²) in [5.74, 6) is -0.352. The number of anilines is 1. The molecule has 0 saturated carbocycles. The van der Waals surface area contributed by atoms with Crippen LogP contribution >= 0.6 is 34.9 Å². The lowest BCUT2D eigenvalue weighted by Crippen LogP contribution is -2.27. The van der Waals surface area contributed by atoms with Gasteiger partial charge in [-0.2, -0.15) is 0 Å². The first-order valence-electron chi connectivity index (χ1n) is 8.11. The van der Waals surface area contributed by atoms with E-state index >= 15 is 0 Å². The van der Waals surface area contributed by atoms with Gasteiger partial charge < -0.3 is 15.4 Å². The molecule has 0 spiro atoms. The zero-order chi connectivity index (χ0) is 18.4. The first-order valence-corrected chi connectivity index (χ1v) is 10.2. The van der Waals surface area contributed by atoms with Crippen molar-refractivity contribution < 1.29 is 9.53 Å². The first kappa shape index (κ1) is 18.6. The molecule has 1 aromatic carbocycles. The number of carbonyl (C=O) groups is 1. The van der Waals surface area contributed by atoms with Crippen LogP contribution in [0.4, 0.5) is 5.00 Å². The molecule has 0 aliphatic rings. The number of esters is 1. The maximum Gasteiger partial charge on any atom is 0.341 e. The molecule has 26 heavy (non-hydrogen) atoms. The Bertz CT molecular complexity index is 874. The molecule has 0 radical (unpaired) electrons. The fourth-order valence-corrected chi connectivity index (χ4v) is 4.26. The summed E-state index contributed by atoms with van der Waals surface area (Å²) in [5.41, 5.74) is 1.55. The van der Waals surface area contributed by atoms with Crippen molar-refractivity contribution in [2.24, 2.45) is 0 Å². The van der Waals surface area contributed by atoms with Gasteiger partial charge in [-0.25, -0.2) is 4.79 Å². The topological polar surface area (TPSA) is 50.4 Å². The number of hydrogen-bond donors (Lipinski definition) is 2. The smallest absolute Gasteiger partial charge is 0.341 e. The van der Waals surface area contributed by atoms with Gasteiger partial charge in [0, 0.05) is 9.75 Å². The number of hydrogen-bond acceptors (Lipinski definition) is 5. The predicted molar refractivity (Wildman–Crippen MR) is 113 cm³/mol. The lowest BCUT2D eigenvalue weighted by atomic mass is 10.1. The third-order valence-corrected chi connectivity index (χ3v) is 5.74. The van der Waals surface area contributed by atoms with E-state index in [1.165, 1.54) is 16.2 Å². The summed E-state index contributed by atoms with van der Waals surface area (Å²) in [6.07, 6.45) is 0. The fourth-order valence-electron chi connectivity index (χ4n) is 2.32. The molecule has 0 amide bonds. The van der Waals surface area contributed by atoms with E-state index in [-0.39, 0.29) is 5.97 Å². The first-order chi connectivity index (χ1) is 12.7. The van der Waals surface area contributed by atoms with Gasteiger partial charge in [0.05, 0.1) is 18.7 Å². The molecule has 134 valence electrons. The third-order valence-electron chi connectivity index (χ3n) is 3.52. The average molecular weight is 403 g/mol. The molecule has 0 aliphatic heterocycles. The monoisotopic (exact) mass is 402 g/mol. The Morgan fingerprint density at radius 1 is 1.19 bits per heavy atom. The lowest BCUT2D eigenvalue weighted by molar-refractivity contribution is 0.0528. The molecule has 0 unspecified atom stereocenters. The van der Waals surface area contributed by atoms with E-state index in [2.05, 4.69) is 10.6 Å². The number of thiophene rings is 2. The van der Waals surface area contributed by atoms with Gasteiger partial charge in [0.2, 0.25) is 0 Å². The fraction of sp³-hybridized carbons (Fsp3) is 0.158. The molecule has 2 aromatic heterocycles. The predicted octanol–water partition coefficient (Wildman–Crippen LogP) is 5.14. The molecular weight excluding hydrogens is 384 g/mol. The van der Waals surface area contributed by atoms with Gasteiger partial charge in [0.25, 0.3) is 0 Å². The third kappa shape index (κ3) is 4.69. The van der Waals surface area contributed by atoms with Crippen molar-refractivity contribution in [1.82, 2.24) is 5.32 Å². The molecule has 2 heterocycles. The number of nitrogens with one attached hydrogen (secondary N) is 2. The summed E-state index contributed by atoms with van der Waals surface area (Å²) in [6, 6.07) is 15.8. The molecule has 0 fully saturated rings. The Labute approximate surface area is 165 Å². The van der Waals surface area contributed by atoms with Crippen LogP contribution in [0.15, 0.2) is 53.9 Å². The van der Waals surface area contributed by atoms with Crippen LogP contribution in [0.5, 0.6) is 0 Å². The SMILES string of the molecule is CCOC(=O)c1cc(-c2ccccc2)sc1NC(=S)NCc1cccs1. The van der Waals surface area contributed by atoms with E-state index in [4.69, 9.17) is 17.0 Å². The Morgan fingerprint density at radius 3 is 2.69 bits per heavy atom. The van der Waals surface area contributed by atoms with Gasteiger partial charge in [-0.1, -0.05) is 36.4 Å². The van der Waals surface area contributed by atoms with E-state index in [1.54, 1.807) is 18.3 Å². The summed E-state index contributed by atoms with van der Waals surface area (Å²) in [5, 5.41) is 9.50. The van der Waals surface area contributed by atoms with Crippen LogP contribution in [0.1, 0.15) is 22.2 Å². The summed E-state index contributed by atoms with van der Waals surface area (Å²) >= 11 is 8.53. The molecule has 0 aliphatic carbocycles. The zero-order valence-electron chi connectivity index (χ0n) is 14.2.